The van der Waals surface area contributed by atoms with Crippen molar-refractivity contribution in [1.29, 1.82) is 0 Å². The van der Waals surface area contributed by atoms with Crippen molar-refractivity contribution in [2.45, 2.75) is 46.2 Å². The van der Waals surface area contributed by atoms with Gasteiger partial charge in [0.25, 0.3) is 0 Å². The fourth-order valence-electron chi connectivity index (χ4n) is 4.49. The summed E-state index contributed by atoms with van der Waals surface area (Å²) in [6.07, 6.45) is 2.39. The van der Waals surface area contributed by atoms with Gasteiger partial charge in [-0.3, -0.25) is 4.90 Å². The molecule has 0 amide bonds. The monoisotopic (exact) mass is 404 g/mol. The summed E-state index contributed by atoms with van der Waals surface area (Å²) in [4.78, 5) is 2.62. The molecule has 0 heterocycles. The van der Waals surface area contributed by atoms with Crippen LogP contribution in [0.1, 0.15) is 34.1 Å². The Bertz CT molecular complexity index is 739. The van der Waals surface area contributed by atoms with E-state index in [9.17, 15) is 0 Å². The van der Waals surface area contributed by atoms with Crippen LogP contribution in [-0.2, 0) is 0 Å². The summed E-state index contributed by atoms with van der Waals surface area (Å²) in [5, 5.41) is 4.45. The number of nitrogens with zero attached hydrogens (tertiary/aromatic N) is 1. The highest BCUT2D eigenvalue weighted by Gasteiger charge is 2.44. The molecule has 0 saturated heterocycles. The fourth-order valence-corrected chi connectivity index (χ4v) is 8.81. The predicted octanol–water partition coefficient (Wildman–Crippen LogP) is 5.49. The molecule has 0 spiro atoms. The Morgan fingerprint density at radius 2 is 0.931 bits per heavy atom. The Morgan fingerprint density at radius 1 is 0.586 bits per heavy atom. The van der Waals surface area contributed by atoms with Crippen LogP contribution < -0.4 is 15.9 Å². The molecule has 3 aromatic carbocycles. The van der Waals surface area contributed by atoms with Crippen molar-refractivity contribution in [3.63, 3.8) is 0 Å². The topological polar surface area (TPSA) is 3.24 Å². The smallest absolute Gasteiger partial charge is 0.112 e. The normalized spacial score (nSPS) is 12.1. The average Bonchev–Trinajstić information content (AvgIpc) is 2.75. The minimum Gasteiger partial charge on any atom is -0.298 e. The predicted molar refractivity (Wildman–Crippen MR) is 132 cm³/mol. The summed E-state index contributed by atoms with van der Waals surface area (Å²) in [6.45, 7) is 10.4. The lowest BCUT2D eigenvalue weighted by Gasteiger charge is -2.32. The highest BCUT2D eigenvalue weighted by Crippen LogP contribution is 2.55. The van der Waals surface area contributed by atoms with Gasteiger partial charge in [0.05, 0.1) is 6.16 Å². The number of hydrogen-bond acceptors (Lipinski definition) is 1. The summed E-state index contributed by atoms with van der Waals surface area (Å²) in [6, 6.07) is 34.8. The van der Waals surface area contributed by atoms with Gasteiger partial charge in [0, 0.05) is 18.6 Å². The minimum absolute atomic E-state index is 0.577. The first-order valence-corrected chi connectivity index (χ1v) is 12.8. The van der Waals surface area contributed by atoms with Gasteiger partial charge < -0.3 is 0 Å². The lowest BCUT2D eigenvalue weighted by molar-refractivity contribution is 0.176. The SMILES string of the molecule is CC(C)N(CCC[P+](c1ccccc1)(c1ccccc1)c1ccccc1)C(C)C. The lowest BCUT2D eigenvalue weighted by atomic mass is 10.2. The van der Waals surface area contributed by atoms with Crippen LogP contribution in [0.3, 0.4) is 0 Å². The van der Waals surface area contributed by atoms with Crippen LogP contribution >= 0.6 is 7.26 Å². The van der Waals surface area contributed by atoms with E-state index < -0.39 is 7.26 Å². The van der Waals surface area contributed by atoms with E-state index in [1.165, 1.54) is 28.5 Å². The van der Waals surface area contributed by atoms with Crippen LogP contribution in [0.5, 0.6) is 0 Å². The molecule has 0 aromatic heterocycles. The van der Waals surface area contributed by atoms with Crippen molar-refractivity contribution in [3.8, 4) is 0 Å². The molecule has 3 rings (SSSR count). The zero-order valence-electron chi connectivity index (χ0n) is 18.3. The second-order valence-electron chi connectivity index (χ2n) is 8.32. The Morgan fingerprint density at radius 3 is 1.24 bits per heavy atom. The third kappa shape index (κ3) is 4.97. The van der Waals surface area contributed by atoms with Gasteiger partial charge in [-0.1, -0.05) is 54.6 Å². The molecule has 0 atom stereocenters. The molecule has 1 nitrogen and oxygen atoms in total. The molecule has 0 unspecified atom stereocenters. The van der Waals surface area contributed by atoms with E-state index in [2.05, 4.69) is 124 Å². The first-order chi connectivity index (χ1) is 14.1. The van der Waals surface area contributed by atoms with E-state index in [1.807, 2.05) is 0 Å². The highest BCUT2D eigenvalue weighted by molar-refractivity contribution is 7.95. The maximum atomic E-state index is 2.62. The molecule has 0 bridgehead atoms. The van der Waals surface area contributed by atoms with Gasteiger partial charge in [-0.25, -0.2) is 0 Å². The second kappa shape index (κ2) is 10.2. The van der Waals surface area contributed by atoms with Crippen molar-refractivity contribution in [2.75, 3.05) is 12.7 Å². The van der Waals surface area contributed by atoms with E-state index in [0.717, 1.165) is 6.54 Å². The zero-order valence-corrected chi connectivity index (χ0v) is 19.2. The largest absolute Gasteiger partial charge is 0.298 e. The number of rotatable bonds is 9. The summed E-state index contributed by atoms with van der Waals surface area (Å²) in [5.41, 5.74) is 0. The molecule has 152 valence electrons. The Balaban J connectivity index is 2.05. The van der Waals surface area contributed by atoms with E-state index in [-0.39, 0.29) is 0 Å². The van der Waals surface area contributed by atoms with Crippen LogP contribution in [0, 0.1) is 0 Å². The van der Waals surface area contributed by atoms with Crippen molar-refractivity contribution in [3.05, 3.63) is 91.0 Å². The molecule has 2 heteroatoms. The van der Waals surface area contributed by atoms with Crippen LogP contribution in [0.15, 0.2) is 91.0 Å². The van der Waals surface area contributed by atoms with Crippen molar-refractivity contribution < 1.29 is 0 Å². The van der Waals surface area contributed by atoms with Gasteiger partial charge in [-0.15, -0.1) is 0 Å². The first-order valence-electron chi connectivity index (χ1n) is 10.9. The summed E-state index contributed by atoms with van der Waals surface area (Å²) < 4.78 is 0. The molecule has 0 aliphatic rings. The molecule has 0 fully saturated rings. The quantitative estimate of drug-likeness (QED) is 0.426. The van der Waals surface area contributed by atoms with Crippen molar-refractivity contribution in [2.24, 2.45) is 0 Å². The van der Waals surface area contributed by atoms with Crippen molar-refractivity contribution >= 4 is 23.2 Å². The Hall–Kier alpha value is -1.95. The minimum atomic E-state index is -1.70. The van der Waals surface area contributed by atoms with Crippen LogP contribution in [0.2, 0.25) is 0 Å². The van der Waals surface area contributed by atoms with Gasteiger partial charge in [-0.05, 0) is 70.5 Å². The van der Waals surface area contributed by atoms with Gasteiger partial charge in [0.1, 0.15) is 23.2 Å². The summed E-state index contributed by atoms with van der Waals surface area (Å²) in [7, 11) is -1.70. The van der Waals surface area contributed by atoms with E-state index in [0.29, 0.717) is 12.1 Å². The maximum Gasteiger partial charge on any atom is 0.112 e. The summed E-state index contributed by atoms with van der Waals surface area (Å²) in [5.74, 6) is 0. The average molecular weight is 405 g/mol. The second-order valence-corrected chi connectivity index (χ2v) is 11.9. The fraction of sp³-hybridized carbons (Fsp3) is 0.333. The van der Waals surface area contributed by atoms with E-state index in [4.69, 9.17) is 0 Å². The molecule has 29 heavy (non-hydrogen) atoms. The lowest BCUT2D eigenvalue weighted by Crippen LogP contribution is -2.39. The molecule has 0 radical (unpaired) electrons. The zero-order chi connectivity index (χ0) is 20.7. The molecular weight excluding hydrogens is 369 g/mol. The number of benzene rings is 3. The van der Waals surface area contributed by atoms with Crippen molar-refractivity contribution in [1.82, 2.24) is 4.90 Å². The molecule has 3 aromatic rings. The molecule has 0 saturated carbocycles. The Labute approximate surface area is 178 Å². The third-order valence-corrected chi connectivity index (χ3v) is 10.4. The Kier molecular flexibility index (Phi) is 7.64. The molecular formula is C27H35NP+. The standard InChI is InChI=1S/C27H35NP/c1-23(2)28(24(3)4)21-14-22-29(25-15-8-5-9-16-25,26-17-10-6-11-18-26)27-19-12-7-13-20-27/h5-13,15-20,23-24H,14,21-22H2,1-4H3/q+1. The highest BCUT2D eigenvalue weighted by atomic mass is 31.2. The first kappa shape index (κ1) is 21.8. The molecule has 0 aliphatic heterocycles. The molecule has 0 aliphatic carbocycles. The summed E-state index contributed by atoms with van der Waals surface area (Å²) >= 11 is 0. The van der Waals surface area contributed by atoms with Gasteiger partial charge in [0.2, 0.25) is 0 Å². The van der Waals surface area contributed by atoms with E-state index in [1.54, 1.807) is 0 Å². The van der Waals surface area contributed by atoms with E-state index >= 15 is 0 Å². The van der Waals surface area contributed by atoms with Gasteiger partial charge >= 0.3 is 0 Å². The van der Waals surface area contributed by atoms with Gasteiger partial charge in [0.15, 0.2) is 0 Å². The van der Waals surface area contributed by atoms with Crippen LogP contribution in [0.25, 0.3) is 0 Å². The van der Waals surface area contributed by atoms with Gasteiger partial charge in [-0.2, -0.15) is 0 Å². The van der Waals surface area contributed by atoms with Crippen LogP contribution in [0.4, 0.5) is 0 Å². The number of hydrogen-bond donors (Lipinski definition) is 0. The third-order valence-electron chi connectivity index (χ3n) is 5.83. The maximum absolute atomic E-state index is 2.62. The molecule has 0 N–H and O–H groups in total. The van der Waals surface area contributed by atoms with Crippen LogP contribution in [-0.4, -0.2) is 29.7 Å².